The molecule has 1 amide bonds. The second-order valence-electron chi connectivity index (χ2n) is 16.5. The third-order valence-corrected chi connectivity index (χ3v) is 12.7. The number of hydrogen-bond donors (Lipinski definition) is 2. The smallest absolute Gasteiger partial charge is 0.410 e. The van der Waals surface area contributed by atoms with Gasteiger partial charge in [-0.2, -0.15) is 0 Å². The van der Waals surface area contributed by atoms with Gasteiger partial charge in [0.2, 0.25) is 0 Å². The minimum atomic E-state index is -1.21. The first kappa shape index (κ1) is 44.1. The van der Waals surface area contributed by atoms with E-state index in [2.05, 4.69) is 27.5 Å². The summed E-state index contributed by atoms with van der Waals surface area (Å²) in [7, 11) is 5.38. The number of thiazole rings is 1. The van der Waals surface area contributed by atoms with Gasteiger partial charge in [0, 0.05) is 50.3 Å². The molecule has 0 bridgehead atoms. The fraction of sp³-hybridized carbons (Fsp3) is 0.795. The van der Waals surface area contributed by atoms with E-state index in [0.29, 0.717) is 45.3 Å². The number of cyclic esters (lactones) is 1. The number of Topliss-reactive ketones (excluding diaryl/α,β-unsaturated/α-hetero) is 1. The molecule has 0 radical (unpaired) electrons. The number of ether oxygens (including phenoxy) is 5. The summed E-state index contributed by atoms with van der Waals surface area (Å²) in [6.45, 7) is 14.7. The van der Waals surface area contributed by atoms with Crippen LogP contribution in [0.1, 0.15) is 87.0 Å². The summed E-state index contributed by atoms with van der Waals surface area (Å²) < 4.78 is 32.9. The molecule has 2 aromatic heterocycles. The van der Waals surface area contributed by atoms with Gasteiger partial charge in [-0.05, 0) is 93.3 Å². The number of hydrogen-bond acceptors (Lipinski definition) is 15. The summed E-state index contributed by atoms with van der Waals surface area (Å²) >= 11 is 1.50. The van der Waals surface area contributed by atoms with Gasteiger partial charge in [-0.15, -0.1) is 16.4 Å². The van der Waals surface area contributed by atoms with Crippen LogP contribution in [0, 0.1) is 11.8 Å². The van der Waals surface area contributed by atoms with Gasteiger partial charge in [-0.3, -0.25) is 19.2 Å². The Bertz CT molecular complexity index is 1610. The molecule has 314 valence electrons. The molecule has 0 saturated carbocycles. The summed E-state index contributed by atoms with van der Waals surface area (Å²) in [5, 5.41) is 26.2. The van der Waals surface area contributed by atoms with Crippen molar-refractivity contribution in [3.05, 3.63) is 17.8 Å². The zero-order chi connectivity index (χ0) is 40.9. The zero-order valence-electron chi connectivity index (χ0n) is 34.7. The standard InChI is InChI=1S/C39H63N7O9S/c1-11-30-39(7)33(46(37(50)55-39)16-13-12-15-45-22-27(42-43-45)34-40-14-17-56-34)26(5)41-21-23(2)20-38(6,51-10)31(19-29(47)25(4)35(49)53-30)54-36-32(48)28(44(8)9)18-24(3)52-36/h14,17,22-26,28,30-33,36,41,48H,11-13,15-16,18-21H2,1-10H3/t23-,24?,25-,26-,28?,30-,31-,32?,33-,36+,38+,39-/m1/s1. The van der Waals surface area contributed by atoms with Gasteiger partial charge < -0.3 is 39.0 Å². The summed E-state index contributed by atoms with van der Waals surface area (Å²) in [6, 6.07) is -0.996. The minimum absolute atomic E-state index is 0.00586. The maximum atomic E-state index is 14.0. The number of unbranched alkanes of at least 4 members (excludes halogenated alkanes) is 1. The Labute approximate surface area is 334 Å². The van der Waals surface area contributed by atoms with E-state index in [0.717, 1.165) is 17.1 Å². The van der Waals surface area contributed by atoms with Crippen LogP contribution in [0.25, 0.3) is 10.7 Å². The molecule has 3 unspecified atom stereocenters. The lowest BCUT2D eigenvalue weighted by Gasteiger charge is -2.45. The lowest BCUT2D eigenvalue weighted by molar-refractivity contribution is -0.289. The third-order valence-electron chi connectivity index (χ3n) is 11.9. The number of aryl methyl sites for hydroxylation is 1. The molecule has 5 heterocycles. The number of nitrogens with one attached hydrogen (secondary N) is 1. The minimum Gasteiger partial charge on any atom is -0.458 e. The molecule has 2 aromatic rings. The summed E-state index contributed by atoms with van der Waals surface area (Å²) in [4.78, 5) is 49.6. The monoisotopic (exact) mass is 805 g/mol. The number of rotatable bonds is 11. The highest BCUT2D eigenvalue weighted by Gasteiger charge is 2.58. The van der Waals surface area contributed by atoms with Crippen LogP contribution in [0.15, 0.2) is 17.8 Å². The SMILES string of the molecule is CC[C@H]1OC(=O)[C@H](C)C(=O)C[C@@H](O[C@@H]2OC(C)CC(N(C)C)C2O)[C@@](C)(OC)C[C@@H](C)CN[C@H](C)[C@H]2N(CCCCn3cc(-c4nccs4)nn3)C(=O)O[C@]12C. The summed E-state index contributed by atoms with van der Waals surface area (Å²) in [5.41, 5.74) is -1.50. The van der Waals surface area contributed by atoms with Crippen LogP contribution >= 0.6 is 11.3 Å². The van der Waals surface area contributed by atoms with E-state index in [4.69, 9.17) is 23.7 Å². The Hall–Kier alpha value is -3.06. The molecule has 3 fully saturated rings. The Morgan fingerprint density at radius 1 is 1.12 bits per heavy atom. The van der Waals surface area contributed by atoms with Gasteiger partial charge in [0.25, 0.3) is 0 Å². The van der Waals surface area contributed by atoms with Crippen molar-refractivity contribution in [1.82, 2.24) is 35.1 Å². The van der Waals surface area contributed by atoms with Crippen LogP contribution in [-0.4, -0.2) is 147 Å². The maximum Gasteiger partial charge on any atom is 0.410 e. The Morgan fingerprint density at radius 2 is 1.86 bits per heavy atom. The predicted molar refractivity (Wildman–Crippen MR) is 209 cm³/mol. The molecular formula is C39H63N7O9S. The number of methoxy groups -OCH3 is 1. The second kappa shape index (κ2) is 18.7. The van der Waals surface area contributed by atoms with E-state index in [9.17, 15) is 19.5 Å². The van der Waals surface area contributed by atoms with Crippen molar-refractivity contribution in [3.63, 3.8) is 0 Å². The molecule has 2 N–H and O–H groups in total. The average Bonchev–Trinajstić information content (AvgIpc) is 3.91. The number of aromatic nitrogens is 4. The Balaban J connectivity index is 1.36. The van der Waals surface area contributed by atoms with Gasteiger partial charge >= 0.3 is 12.1 Å². The van der Waals surface area contributed by atoms with Crippen molar-refractivity contribution in [2.45, 2.75) is 154 Å². The zero-order valence-corrected chi connectivity index (χ0v) is 35.5. The van der Waals surface area contributed by atoms with Gasteiger partial charge in [-0.25, -0.2) is 9.78 Å². The number of nitrogens with zero attached hydrogens (tertiary/aromatic N) is 6. The number of carbonyl (C=O) groups is 3. The first-order chi connectivity index (χ1) is 26.5. The average molecular weight is 806 g/mol. The third kappa shape index (κ3) is 9.79. The Kier molecular flexibility index (Phi) is 14.7. The van der Waals surface area contributed by atoms with Crippen LogP contribution < -0.4 is 5.32 Å². The Morgan fingerprint density at radius 3 is 2.52 bits per heavy atom. The van der Waals surface area contributed by atoms with Gasteiger partial charge in [0.15, 0.2) is 11.9 Å². The van der Waals surface area contributed by atoms with Gasteiger partial charge in [-0.1, -0.05) is 19.1 Å². The molecule has 12 atom stereocenters. The van der Waals surface area contributed by atoms with Crippen LogP contribution in [0.5, 0.6) is 0 Å². The highest BCUT2D eigenvalue weighted by molar-refractivity contribution is 7.13. The number of aliphatic hydroxyl groups excluding tert-OH is 1. The van der Waals surface area contributed by atoms with E-state index in [1.165, 1.54) is 18.3 Å². The summed E-state index contributed by atoms with van der Waals surface area (Å²) in [6.07, 6.45) is 1.92. The molecule has 0 aliphatic carbocycles. The molecule has 3 aliphatic heterocycles. The van der Waals surface area contributed by atoms with Crippen molar-refractivity contribution in [2.24, 2.45) is 11.8 Å². The van der Waals surface area contributed by atoms with E-state index in [1.807, 2.05) is 65.2 Å². The van der Waals surface area contributed by atoms with E-state index in [-0.39, 0.29) is 30.5 Å². The molecule has 16 nitrogen and oxygen atoms in total. The van der Waals surface area contributed by atoms with Crippen molar-refractivity contribution >= 4 is 29.2 Å². The van der Waals surface area contributed by atoms with Crippen LogP contribution in [0.4, 0.5) is 4.79 Å². The number of ketones is 1. The van der Waals surface area contributed by atoms with E-state index in [1.54, 1.807) is 22.9 Å². The first-order valence-corrected chi connectivity index (χ1v) is 20.9. The summed E-state index contributed by atoms with van der Waals surface area (Å²) in [5.74, 6) is -2.25. The predicted octanol–water partition coefficient (Wildman–Crippen LogP) is 3.91. The van der Waals surface area contributed by atoms with Crippen LogP contribution in [0.2, 0.25) is 0 Å². The van der Waals surface area contributed by atoms with Crippen LogP contribution in [-0.2, 0) is 39.8 Å². The van der Waals surface area contributed by atoms with Crippen molar-refractivity contribution in [1.29, 1.82) is 0 Å². The highest BCUT2D eigenvalue weighted by Crippen LogP contribution is 2.39. The van der Waals surface area contributed by atoms with Crippen molar-refractivity contribution < 1.29 is 43.2 Å². The van der Waals surface area contributed by atoms with Crippen molar-refractivity contribution in [2.75, 3.05) is 34.3 Å². The lowest BCUT2D eigenvalue weighted by atomic mass is 9.83. The molecule has 0 spiro atoms. The fourth-order valence-corrected chi connectivity index (χ4v) is 9.15. The fourth-order valence-electron chi connectivity index (χ4n) is 8.57. The molecule has 56 heavy (non-hydrogen) atoms. The van der Waals surface area contributed by atoms with E-state index >= 15 is 0 Å². The second-order valence-corrected chi connectivity index (χ2v) is 17.4. The van der Waals surface area contributed by atoms with Crippen molar-refractivity contribution in [3.8, 4) is 10.7 Å². The number of amides is 1. The highest BCUT2D eigenvalue weighted by atomic mass is 32.1. The number of fused-ring (bicyclic) bond motifs is 1. The first-order valence-electron chi connectivity index (χ1n) is 20.0. The quantitative estimate of drug-likeness (QED) is 0.190. The molecular weight excluding hydrogens is 743 g/mol. The molecule has 3 aliphatic rings. The number of aliphatic hydroxyl groups is 1. The molecule has 17 heteroatoms. The number of esters is 1. The van der Waals surface area contributed by atoms with Gasteiger partial charge in [0.05, 0.1) is 30.0 Å². The largest absolute Gasteiger partial charge is 0.458 e. The maximum absolute atomic E-state index is 14.0. The number of carbonyl (C=O) groups excluding carboxylic acids is 3. The lowest BCUT2D eigenvalue weighted by Crippen LogP contribution is -2.61. The molecule has 3 saturated heterocycles. The normalized spacial score (nSPS) is 36.5. The number of likely N-dealkylation sites (N-methyl/N-ethyl adjacent to an activating group) is 1. The molecule has 5 rings (SSSR count). The van der Waals surface area contributed by atoms with Gasteiger partial charge in [0.1, 0.15) is 34.6 Å². The van der Waals surface area contributed by atoms with E-state index < -0.39 is 65.6 Å². The van der Waals surface area contributed by atoms with Crippen LogP contribution in [0.3, 0.4) is 0 Å². The topological polar surface area (TPSA) is 180 Å². The molecule has 0 aromatic carbocycles.